The van der Waals surface area contributed by atoms with Crippen LogP contribution in [0.25, 0.3) is 0 Å². The van der Waals surface area contributed by atoms with Crippen molar-refractivity contribution in [2.45, 2.75) is 26.8 Å². The zero-order valence-electron chi connectivity index (χ0n) is 8.83. The highest BCUT2D eigenvalue weighted by atomic mass is 16.4. The molecule has 0 saturated carbocycles. The molecular formula is C9H18N2O3. The highest BCUT2D eigenvalue weighted by Gasteiger charge is 2.17. The molecule has 2 atom stereocenters. The lowest BCUT2D eigenvalue weighted by molar-refractivity contribution is -0.142. The lowest BCUT2D eigenvalue weighted by atomic mass is 10.0. The second kappa shape index (κ2) is 6.37. The molecule has 0 bridgehead atoms. The molecule has 1 amide bonds. The molecule has 5 heteroatoms. The first kappa shape index (κ1) is 12.9. The number of rotatable bonds is 6. The largest absolute Gasteiger partial charge is 0.481 e. The molecule has 0 aliphatic heterocycles. The molecule has 0 aromatic heterocycles. The standard InChI is InChI=1S/C9H18N2O3/c1-6(9(13)14)7(2)10-4-5-11-8(3)12/h6-7,10H,4-5H2,1-3H3,(H,11,12)(H,13,14). The molecule has 0 aromatic carbocycles. The molecule has 0 heterocycles. The first-order valence-corrected chi connectivity index (χ1v) is 4.65. The molecule has 0 spiro atoms. The summed E-state index contributed by atoms with van der Waals surface area (Å²) >= 11 is 0. The van der Waals surface area contributed by atoms with Crippen molar-refractivity contribution < 1.29 is 14.7 Å². The molecule has 0 rings (SSSR count). The van der Waals surface area contributed by atoms with Gasteiger partial charge in [0.05, 0.1) is 5.92 Å². The topological polar surface area (TPSA) is 78.4 Å². The Bertz CT molecular complexity index is 206. The van der Waals surface area contributed by atoms with Crippen LogP contribution in [0.2, 0.25) is 0 Å². The Morgan fingerprint density at radius 2 is 1.86 bits per heavy atom. The van der Waals surface area contributed by atoms with Gasteiger partial charge in [-0.1, -0.05) is 6.92 Å². The molecule has 0 saturated heterocycles. The van der Waals surface area contributed by atoms with Crippen LogP contribution in [-0.2, 0) is 9.59 Å². The molecule has 82 valence electrons. The third kappa shape index (κ3) is 5.53. The van der Waals surface area contributed by atoms with Crippen molar-refractivity contribution in [2.24, 2.45) is 5.92 Å². The van der Waals surface area contributed by atoms with Gasteiger partial charge in [-0.25, -0.2) is 0 Å². The van der Waals surface area contributed by atoms with Gasteiger partial charge in [0.25, 0.3) is 0 Å². The Balaban J connectivity index is 3.58. The van der Waals surface area contributed by atoms with E-state index in [0.29, 0.717) is 13.1 Å². The van der Waals surface area contributed by atoms with E-state index in [1.54, 1.807) is 6.92 Å². The van der Waals surface area contributed by atoms with Crippen LogP contribution in [0.5, 0.6) is 0 Å². The van der Waals surface area contributed by atoms with Crippen LogP contribution in [0.4, 0.5) is 0 Å². The number of carbonyl (C=O) groups excluding carboxylic acids is 1. The van der Waals surface area contributed by atoms with Crippen LogP contribution in [0, 0.1) is 5.92 Å². The van der Waals surface area contributed by atoms with E-state index in [1.807, 2.05) is 6.92 Å². The monoisotopic (exact) mass is 202 g/mol. The van der Waals surface area contributed by atoms with Gasteiger partial charge in [0.15, 0.2) is 0 Å². The maximum absolute atomic E-state index is 10.6. The Morgan fingerprint density at radius 3 is 2.29 bits per heavy atom. The quantitative estimate of drug-likeness (QED) is 0.522. The number of amides is 1. The molecule has 0 radical (unpaired) electrons. The van der Waals surface area contributed by atoms with Crippen LogP contribution < -0.4 is 10.6 Å². The van der Waals surface area contributed by atoms with Gasteiger partial charge in [-0.3, -0.25) is 9.59 Å². The Morgan fingerprint density at radius 1 is 1.29 bits per heavy atom. The molecule has 0 aliphatic rings. The van der Waals surface area contributed by atoms with Crippen molar-refractivity contribution >= 4 is 11.9 Å². The van der Waals surface area contributed by atoms with E-state index in [0.717, 1.165) is 0 Å². The fourth-order valence-electron chi connectivity index (χ4n) is 0.929. The fourth-order valence-corrected chi connectivity index (χ4v) is 0.929. The molecule has 14 heavy (non-hydrogen) atoms. The minimum atomic E-state index is -0.815. The summed E-state index contributed by atoms with van der Waals surface area (Å²) in [5.74, 6) is -1.32. The number of carbonyl (C=O) groups is 2. The van der Waals surface area contributed by atoms with Gasteiger partial charge in [-0.15, -0.1) is 0 Å². The third-order valence-corrected chi connectivity index (χ3v) is 2.10. The van der Waals surface area contributed by atoms with Crippen molar-refractivity contribution in [3.63, 3.8) is 0 Å². The van der Waals surface area contributed by atoms with Gasteiger partial charge in [-0.05, 0) is 6.92 Å². The predicted molar refractivity (Wildman–Crippen MR) is 52.9 cm³/mol. The first-order valence-electron chi connectivity index (χ1n) is 4.65. The van der Waals surface area contributed by atoms with Crippen molar-refractivity contribution in [1.82, 2.24) is 10.6 Å². The summed E-state index contributed by atoms with van der Waals surface area (Å²) in [5, 5.41) is 14.3. The fraction of sp³-hybridized carbons (Fsp3) is 0.778. The molecule has 2 unspecified atom stereocenters. The minimum Gasteiger partial charge on any atom is -0.481 e. The van der Waals surface area contributed by atoms with Gasteiger partial charge >= 0.3 is 5.97 Å². The smallest absolute Gasteiger partial charge is 0.307 e. The summed E-state index contributed by atoms with van der Waals surface area (Å²) < 4.78 is 0. The number of aliphatic carboxylic acids is 1. The van der Waals surface area contributed by atoms with E-state index < -0.39 is 11.9 Å². The zero-order valence-corrected chi connectivity index (χ0v) is 8.83. The Hall–Kier alpha value is -1.10. The van der Waals surface area contributed by atoms with Gasteiger partial charge in [0.2, 0.25) is 5.91 Å². The Labute approximate surface area is 83.9 Å². The highest BCUT2D eigenvalue weighted by Crippen LogP contribution is 2.01. The summed E-state index contributed by atoms with van der Waals surface area (Å²) in [6.45, 7) is 6.01. The van der Waals surface area contributed by atoms with Crippen LogP contribution in [0.3, 0.4) is 0 Å². The zero-order chi connectivity index (χ0) is 11.1. The number of carboxylic acid groups (broad SMARTS) is 1. The van der Waals surface area contributed by atoms with Crippen molar-refractivity contribution in [3.05, 3.63) is 0 Å². The molecule has 0 fully saturated rings. The van der Waals surface area contributed by atoms with E-state index in [4.69, 9.17) is 5.11 Å². The van der Waals surface area contributed by atoms with Gasteiger partial charge in [-0.2, -0.15) is 0 Å². The van der Waals surface area contributed by atoms with E-state index in [9.17, 15) is 9.59 Å². The molecule has 3 N–H and O–H groups in total. The average Bonchev–Trinajstić information content (AvgIpc) is 2.10. The summed E-state index contributed by atoms with van der Waals surface area (Å²) in [7, 11) is 0. The van der Waals surface area contributed by atoms with Gasteiger partial charge in [0.1, 0.15) is 0 Å². The van der Waals surface area contributed by atoms with E-state index in [-0.39, 0.29) is 11.9 Å². The predicted octanol–water partition coefficient (Wildman–Crippen LogP) is -0.179. The maximum Gasteiger partial charge on any atom is 0.307 e. The minimum absolute atomic E-state index is 0.0780. The Kier molecular flexibility index (Phi) is 5.87. The lowest BCUT2D eigenvalue weighted by Crippen LogP contribution is -2.40. The van der Waals surface area contributed by atoms with Crippen LogP contribution in [0.1, 0.15) is 20.8 Å². The van der Waals surface area contributed by atoms with Crippen molar-refractivity contribution in [1.29, 1.82) is 0 Å². The van der Waals surface area contributed by atoms with Gasteiger partial charge in [0, 0.05) is 26.1 Å². The summed E-state index contributed by atoms with van der Waals surface area (Å²) in [5.41, 5.74) is 0. The van der Waals surface area contributed by atoms with E-state index >= 15 is 0 Å². The summed E-state index contributed by atoms with van der Waals surface area (Å²) in [4.78, 5) is 21.1. The summed E-state index contributed by atoms with van der Waals surface area (Å²) in [6, 6.07) is -0.0961. The lowest BCUT2D eigenvalue weighted by Gasteiger charge is -2.17. The second-order valence-corrected chi connectivity index (χ2v) is 3.35. The van der Waals surface area contributed by atoms with E-state index in [1.165, 1.54) is 6.92 Å². The first-order chi connectivity index (χ1) is 6.45. The average molecular weight is 202 g/mol. The number of hydrogen-bond acceptors (Lipinski definition) is 3. The SMILES string of the molecule is CC(=O)NCCNC(C)C(C)C(=O)O. The van der Waals surface area contributed by atoms with Crippen molar-refractivity contribution in [3.8, 4) is 0 Å². The van der Waals surface area contributed by atoms with Crippen LogP contribution in [0.15, 0.2) is 0 Å². The number of hydrogen-bond donors (Lipinski definition) is 3. The van der Waals surface area contributed by atoms with Gasteiger partial charge < -0.3 is 15.7 Å². The van der Waals surface area contributed by atoms with E-state index in [2.05, 4.69) is 10.6 Å². The normalized spacial score (nSPS) is 14.5. The highest BCUT2D eigenvalue weighted by molar-refractivity contribution is 5.72. The molecule has 0 aliphatic carbocycles. The molecular weight excluding hydrogens is 184 g/mol. The number of nitrogens with one attached hydrogen (secondary N) is 2. The molecule has 0 aromatic rings. The second-order valence-electron chi connectivity index (χ2n) is 3.35. The summed E-state index contributed by atoms with van der Waals surface area (Å²) in [6.07, 6.45) is 0. The molecule has 5 nitrogen and oxygen atoms in total. The third-order valence-electron chi connectivity index (χ3n) is 2.10. The van der Waals surface area contributed by atoms with Crippen LogP contribution in [-0.4, -0.2) is 36.1 Å². The van der Waals surface area contributed by atoms with Crippen LogP contribution >= 0.6 is 0 Å². The maximum atomic E-state index is 10.6. The number of carboxylic acids is 1. The van der Waals surface area contributed by atoms with Crippen molar-refractivity contribution in [2.75, 3.05) is 13.1 Å².